The number of para-hydroxylation sites is 1. The Kier molecular flexibility index (Phi) is 11.2. The molecule has 3 aliphatic rings. The summed E-state index contributed by atoms with van der Waals surface area (Å²) in [6.45, 7) is 9.10. The van der Waals surface area contributed by atoms with Crippen LogP contribution in [0.1, 0.15) is 55.9 Å². The molecule has 7 rings (SSSR count). The Balaban J connectivity index is 1.26. The number of aromatic nitrogens is 3. The second-order valence-corrected chi connectivity index (χ2v) is 14.8. The molecule has 4 heterocycles. The highest BCUT2D eigenvalue weighted by Gasteiger charge is 2.76. The van der Waals surface area contributed by atoms with Crippen LogP contribution in [0.3, 0.4) is 0 Å². The van der Waals surface area contributed by atoms with Crippen molar-refractivity contribution in [2.24, 2.45) is 11.8 Å². The number of esters is 1. The number of aliphatic hydroxyl groups excluding tert-OH is 1. The highest BCUT2D eigenvalue weighted by atomic mass is 16.6. The lowest BCUT2D eigenvalue weighted by atomic mass is 9.70. The van der Waals surface area contributed by atoms with Crippen molar-refractivity contribution in [2.45, 2.75) is 75.2 Å². The fourth-order valence-corrected chi connectivity index (χ4v) is 8.86. The second kappa shape index (κ2) is 16.2. The SMILES string of the molecule is C=CCCC(=O)N(C)[C@H](C)[C@H](OC(=O)[C@@H]1[C@H]2C(=O)N([C@H](CO)c3ccccc3)[C@H](C(=O)N(CC=C)Cn3nnc4ccccc43)[C@]23CC[C@H]1O3)c1ccccc1. The number of benzene rings is 3. The third-order valence-electron chi connectivity index (χ3n) is 11.7. The number of fused-ring (bicyclic) bond motifs is 2. The summed E-state index contributed by atoms with van der Waals surface area (Å²) in [5.74, 6) is -3.79. The first-order chi connectivity index (χ1) is 27.1. The fraction of sp³-hybridized carbons (Fsp3) is 0.395. The van der Waals surface area contributed by atoms with E-state index < -0.39 is 72.2 Å². The van der Waals surface area contributed by atoms with Crippen LogP contribution >= 0.6 is 0 Å². The predicted molar refractivity (Wildman–Crippen MR) is 207 cm³/mol. The molecule has 13 nitrogen and oxygen atoms in total. The molecule has 1 aromatic heterocycles. The molecule has 2 bridgehead atoms. The van der Waals surface area contributed by atoms with E-state index in [9.17, 15) is 14.7 Å². The van der Waals surface area contributed by atoms with Crippen molar-refractivity contribution in [1.29, 1.82) is 0 Å². The first-order valence-electron chi connectivity index (χ1n) is 19.1. The number of carbonyl (C=O) groups is 4. The molecule has 56 heavy (non-hydrogen) atoms. The highest BCUT2D eigenvalue weighted by molar-refractivity contribution is 5.98. The summed E-state index contributed by atoms with van der Waals surface area (Å²) < 4.78 is 14.8. The summed E-state index contributed by atoms with van der Waals surface area (Å²) in [4.78, 5) is 62.6. The lowest BCUT2D eigenvalue weighted by Gasteiger charge is -2.39. The summed E-state index contributed by atoms with van der Waals surface area (Å²) in [6, 6.07) is 23.0. The summed E-state index contributed by atoms with van der Waals surface area (Å²) in [6.07, 6.45) is 3.24. The molecule has 3 aliphatic heterocycles. The number of rotatable bonds is 16. The van der Waals surface area contributed by atoms with E-state index >= 15 is 9.59 Å². The first-order valence-corrected chi connectivity index (χ1v) is 19.1. The Morgan fingerprint density at radius 2 is 1.70 bits per heavy atom. The minimum Gasteiger partial charge on any atom is -0.455 e. The van der Waals surface area contributed by atoms with Crippen LogP contribution in [0, 0.1) is 11.8 Å². The van der Waals surface area contributed by atoms with Crippen LogP contribution in [0.15, 0.2) is 110 Å². The van der Waals surface area contributed by atoms with E-state index in [1.54, 1.807) is 57.9 Å². The fourth-order valence-electron chi connectivity index (χ4n) is 8.86. The molecule has 3 aromatic carbocycles. The van der Waals surface area contributed by atoms with E-state index in [4.69, 9.17) is 9.47 Å². The Morgan fingerprint density at radius 1 is 1.02 bits per heavy atom. The van der Waals surface area contributed by atoms with Crippen LogP contribution in [-0.4, -0.2) is 102 Å². The third kappa shape index (κ3) is 6.79. The molecule has 3 amide bonds. The molecule has 8 atom stereocenters. The summed E-state index contributed by atoms with van der Waals surface area (Å²) in [5, 5.41) is 19.5. The molecule has 4 aromatic rings. The maximum absolute atomic E-state index is 15.2. The monoisotopic (exact) mass is 760 g/mol. The Hall–Kier alpha value is -5.66. The second-order valence-electron chi connectivity index (χ2n) is 14.8. The summed E-state index contributed by atoms with van der Waals surface area (Å²) >= 11 is 0. The molecular formula is C43H48N6O7. The minimum absolute atomic E-state index is 0.00432. The van der Waals surface area contributed by atoms with Crippen LogP contribution in [0.5, 0.6) is 0 Å². The number of allylic oxidation sites excluding steroid dienone is 1. The number of amides is 3. The van der Waals surface area contributed by atoms with E-state index in [-0.39, 0.29) is 25.5 Å². The average molecular weight is 761 g/mol. The van der Waals surface area contributed by atoms with Crippen LogP contribution in [-0.2, 0) is 35.3 Å². The standard InChI is InChI=1S/C43H48N6O7/c1-5-7-22-35(51)46(4)28(3)38(30-18-12-9-13-19-30)55-42(54)36-34-23-24-43(56-34)37(36)40(52)49(33(26-50)29-16-10-8-11-17-29)39(43)41(53)47(25-6-2)27-48-32-21-15-14-20-31(32)44-45-48/h5-6,8-21,28,33-34,36-39,50H,1-2,7,22-27H2,3-4H3/t28-,33-,34-,36+,37+,38+,39-,43+/m1/s1. The molecule has 292 valence electrons. The van der Waals surface area contributed by atoms with Gasteiger partial charge in [0.15, 0.2) is 0 Å². The van der Waals surface area contributed by atoms with Crippen molar-refractivity contribution in [3.63, 3.8) is 0 Å². The number of ether oxygens (including phenoxy) is 2. The van der Waals surface area contributed by atoms with Gasteiger partial charge in [-0.2, -0.15) is 0 Å². The predicted octanol–water partition coefficient (Wildman–Crippen LogP) is 4.61. The van der Waals surface area contributed by atoms with Crippen LogP contribution in [0.4, 0.5) is 0 Å². The van der Waals surface area contributed by atoms with Crippen LogP contribution < -0.4 is 0 Å². The van der Waals surface area contributed by atoms with E-state index in [0.717, 1.165) is 5.52 Å². The molecule has 0 radical (unpaired) electrons. The zero-order chi connectivity index (χ0) is 39.6. The van der Waals surface area contributed by atoms with E-state index in [1.807, 2.05) is 67.6 Å². The smallest absolute Gasteiger partial charge is 0.313 e. The van der Waals surface area contributed by atoms with Gasteiger partial charge in [0, 0.05) is 20.0 Å². The van der Waals surface area contributed by atoms with E-state index in [0.29, 0.717) is 35.9 Å². The number of hydrogen-bond acceptors (Lipinski definition) is 9. The molecule has 0 saturated carbocycles. The Morgan fingerprint density at radius 3 is 2.38 bits per heavy atom. The molecule has 3 saturated heterocycles. The summed E-state index contributed by atoms with van der Waals surface area (Å²) in [5.41, 5.74) is 1.31. The van der Waals surface area contributed by atoms with Crippen molar-refractivity contribution < 1.29 is 33.8 Å². The zero-order valence-corrected chi connectivity index (χ0v) is 31.7. The Bertz CT molecular complexity index is 2090. The molecular weight excluding hydrogens is 713 g/mol. The van der Waals surface area contributed by atoms with Gasteiger partial charge in [-0.15, -0.1) is 18.3 Å². The number of nitrogens with zero attached hydrogens (tertiary/aromatic N) is 6. The van der Waals surface area contributed by atoms with Gasteiger partial charge in [-0.05, 0) is 49.4 Å². The van der Waals surface area contributed by atoms with Crippen molar-refractivity contribution in [2.75, 3.05) is 20.2 Å². The first kappa shape index (κ1) is 38.6. The van der Waals surface area contributed by atoms with Gasteiger partial charge >= 0.3 is 5.97 Å². The van der Waals surface area contributed by atoms with Gasteiger partial charge < -0.3 is 29.3 Å². The van der Waals surface area contributed by atoms with E-state index in [2.05, 4.69) is 23.5 Å². The van der Waals surface area contributed by atoms with Gasteiger partial charge in [-0.1, -0.05) is 90.2 Å². The maximum atomic E-state index is 15.2. The zero-order valence-electron chi connectivity index (χ0n) is 31.7. The summed E-state index contributed by atoms with van der Waals surface area (Å²) in [7, 11) is 1.68. The number of likely N-dealkylation sites (N-methyl/N-ethyl adjacent to an activating group) is 1. The van der Waals surface area contributed by atoms with Crippen molar-refractivity contribution in [3.05, 3.63) is 121 Å². The normalized spacial score (nSPS) is 24.0. The van der Waals surface area contributed by atoms with Gasteiger partial charge in [0.1, 0.15) is 29.9 Å². The molecule has 0 aliphatic carbocycles. The number of likely N-dealkylation sites (tertiary alicyclic amines) is 1. The van der Waals surface area contributed by atoms with Gasteiger partial charge in [-0.25, -0.2) is 4.68 Å². The average Bonchev–Trinajstić information content (AvgIpc) is 3.98. The molecule has 1 spiro atoms. The lowest BCUT2D eigenvalue weighted by molar-refractivity contribution is -0.165. The number of carbonyl (C=O) groups excluding carboxylic acids is 4. The van der Waals surface area contributed by atoms with E-state index in [1.165, 1.54) is 4.90 Å². The van der Waals surface area contributed by atoms with Crippen molar-refractivity contribution in [3.8, 4) is 0 Å². The van der Waals surface area contributed by atoms with Gasteiger partial charge in [0.2, 0.25) is 17.7 Å². The van der Waals surface area contributed by atoms with Crippen LogP contribution in [0.2, 0.25) is 0 Å². The molecule has 3 fully saturated rings. The largest absolute Gasteiger partial charge is 0.455 e. The Labute approximate surface area is 326 Å². The topological polar surface area (TPSA) is 147 Å². The minimum atomic E-state index is -1.39. The quantitative estimate of drug-likeness (QED) is 0.128. The number of hydrogen-bond donors (Lipinski definition) is 1. The van der Waals surface area contributed by atoms with Crippen molar-refractivity contribution >= 4 is 34.7 Å². The van der Waals surface area contributed by atoms with Gasteiger partial charge in [0.05, 0.1) is 42.1 Å². The molecule has 0 unspecified atom stereocenters. The van der Waals surface area contributed by atoms with Crippen LogP contribution in [0.25, 0.3) is 11.0 Å². The number of aliphatic hydroxyl groups is 1. The molecule has 13 heteroatoms. The van der Waals surface area contributed by atoms with Gasteiger partial charge in [0.25, 0.3) is 0 Å². The lowest BCUT2D eigenvalue weighted by Crippen LogP contribution is -2.57. The maximum Gasteiger partial charge on any atom is 0.313 e. The highest BCUT2D eigenvalue weighted by Crippen LogP contribution is 2.60. The molecule has 1 N–H and O–H groups in total. The van der Waals surface area contributed by atoms with Crippen molar-refractivity contribution in [1.82, 2.24) is 29.7 Å². The third-order valence-corrected chi connectivity index (χ3v) is 11.7. The van der Waals surface area contributed by atoms with Gasteiger partial charge in [-0.3, -0.25) is 19.2 Å².